The van der Waals surface area contributed by atoms with E-state index in [0.717, 1.165) is 37.6 Å². The molecule has 2 rings (SSSR count). The minimum atomic E-state index is -0.921. The van der Waals surface area contributed by atoms with Gasteiger partial charge in [0.2, 0.25) is 0 Å². The first-order valence-electron chi connectivity index (χ1n) is 6.71. The van der Waals surface area contributed by atoms with Gasteiger partial charge in [-0.15, -0.1) is 0 Å². The third-order valence-electron chi connectivity index (χ3n) is 3.61. The van der Waals surface area contributed by atoms with Crippen LogP contribution in [0.4, 0.5) is 5.69 Å². The van der Waals surface area contributed by atoms with Crippen molar-refractivity contribution in [3.8, 4) is 0 Å². The summed E-state index contributed by atoms with van der Waals surface area (Å²) in [6.07, 6.45) is 4.00. The van der Waals surface area contributed by atoms with E-state index in [1.807, 2.05) is 24.9 Å². The molecule has 0 unspecified atom stereocenters. The standard InChI is InChI=1S/C14H21N3O2/c1-11-9-13(12(10-15-11)14(18)19)16(2)7-8-17-5-3-4-6-17/h9-10H,3-8H2,1-2H3,(H,18,19). The Hall–Kier alpha value is -1.62. The fraction of sp³-hybridized carbons (Fsp3) is 0.571. The van der Waals surface area contributed by atoms with Gasteiger partial charge in [-0.25, -0.2) is 4.79 Å². The second-order valence-corrected chi connectivity index (χ2v) is 5.12. The number of anilines is 1. The van der Waals surface area contributed by atoms with E-state index in [0.29, 0.717) is 0 Å². The SMILES string of the molecule is Cc1cc(N(C)CCN2CCCC2)c(C(=O)O)cn1. The van der Waals surface area contributed by atoms with Crippen molar-refractivity contribution in [1.82, 2.24) is 9.88 Å². The van der Waals surface area contributed by atoms with E-state index in [2.05, 4.69) is 9.88 Å². The number of likely N-dealkylation sites (N-methyl/N-ethyl adjacent to an activating group) is 1. The van der Waals surface area contributed by atoms with Crippen LogP contribution in [0.3, 0.4) is 0 Å². The van der Waals surface area contributed by atoms with Gasteiger partial charge in [-0.2, -0.15) is 0 Å². The summed E-state index contributed by atoms with van der Waals surface area (Å²) in [4.78, 5) is 19.7. The fourth-order valence-corrected chi connectivity index (χ4v) is 2.44. The number of aromatic nitrogens is 1. The molecule has 0 bridgehead atoms. The first kappa shape index (κ1) is 13.8. The molecule has 1 fully saturated rings. The summed E-state index contributed by atoms with van der Waals surface area (Å²) in [5.41, 5.74) is 1.86. The topological polar surface area (TPSA) is 56.7 Å². The maximum atomic E-state index is 11.2. The first-order valence-corrected chi connectivity index (χ1v) is 6.71. The van der Waals surface area contributed by atoms with Crippen molar-refractivity contribution in [3.63, 3.8) is 0 Å². The zero-order valence-corrected chi connectivity index (χ0v) is 11.6. The number of carbonyl (C=O) groups is 1. The van der Waals surface area contributed by atoms with Gasteiger partial charge in [0.25, 0.3) is 0 Å². The van der Waals surface area contributed by atoms with E-state index < -0.39 is 5.97 Å². The molecule has 2 heterocycles. The Labute approximate surface area is 113 Å². The summed E-state index contributed by atoms with van der Waals surface area (Å²) in [6, 6.07) is 1.84. The maximum absolute atomic E-state index is 11.2. The second-order valence-electron chi connectivity index (χ2n) is 5.12. The van der Waals surface area contributed by atoms with Gasteiger partial charge in [-0.1, -0.05) is 0 Å². The van der Waals surface area contributed by atoms with Crippen LogP contribution in [0, 0.1) is 6.92 Å². The lowest BCUT2D eigenvalue weighted by molar-refractivity contribution is 0.0697. The summed E-state index contributed by atoms with van der Waals surface area (Å²) in [7, 11) is 1.94. The van der Waals surface area contributed by atoms with Gasteiger partial charge >= 0.3 is 5.97 Å². The van der Waals surface area contributed by atoms with Crippen LogP contribution in [0.1, 0.15) is 28.9 Å². The molecule has 104 valence electrons. The van der Waals surface area contributed by atoms with Crippen LogP contribution in [0.2, 0.25) is 0 Å². The van der Waals surface area contributed by atoms with Crippen LogP contribution in [0.15, 0.2) is 12.3 Å². The Bertz CT molecular complexity index is 456. The van der Waals surface area contributed by atoms with Gasteiger partial charge in [0.05, 0.1) is 5.69 Å². The Balaban J connectivity index is 2.06. The van der Waals surface area contributed by atoms with E-state index >= 15 is 0 Å². The molecule has 1 aromatic rings. The van der Waals surface area contributed by atoms with Crippen LogP contribution in [-0.4, -0.2) is 54.2 Å². The molecule has 5 heteroatoms. The molecule has 1 saturated heterocycles. The van der Waals surface area contributed by atoms with E-state index in [4.69, 9.17) is 0 Å². The molecule has 1 aromatic heterocycles. The largest absolute Gasteiger partial charge is 0.478 e. The van der Waals surface area contributed by atoms with Crippen molar-refractivity contribution in [2.24, 2.45) is 0 Å². The van der Waals surface area contributed by atoms with Crippen molar-refractivity contribution < 1.29 is 9.90 Å². The highest BCUT2D eigenvalue weighted by molar-refractivity contribution is 5.94. The summed E-state index contributed by atoms with van der Waals surface area (Å²) in [5.74, 6) is -0.921. The molecule has 1 N–H and O–H groups in total. The number of aryl methyl sites for hydroxylation is 1. The Morgan fingerprint density at radius 2 is 2.16 bits per heavy atom. The fourth-order valence-electron chi connectivity index (χ4n) is 2.44. The zero-order chi connectivity index (χ0) is 13.8. The average Bonchev–Trinajstić information content (AvgIpc) is 2.88. The van der Waals surface area contributed by atoms with E-state index in [9.17, 15) is 9.90 Å². The minimum Gasteiger partial charge on any atom is -0.478 e. The molecule has 19 heavy (non-hydrogen) atoms. The highest BCUT2D eigenvalue weighted by Crippen LogP contribution is 2.20. The van der Waals surface area contributed by atoms with Gasteiger partial charge in [0, 0.05) is 32.0 Å². The minimum absolute atomic E-state index is 0.273. The van der Waals surface area contributed by atoms with Gasteiger partial charge < -0.3 is 14.9 Å². The van der Waals surface area contributed by atoms with Crippen molar-refractivity contribution >= 4 is 11.7 Å². The normalized spacial score (nSPS) is 15.7. The molecular formula is C14H21N3O2. The van der Waals surface area contributed by atoms with Gasteiger partial charge in [0.15, 0.2) is 0 Å². The lowest BCUT2D eigenvalue weighted by Crippen LogP contribution is -2.32. The molecule has 1 aliphatic heterocycles. The Morgan fingerprint density at radius 3 is 2.79 bits per heavy atom. The molecular weight excluding hydrogens is 242 g/mol. The number of hydrogen-bond donors (Lipinski definition) is 1. The van der Waals surface area contributed by atoms with Gasteiger partial charge in [-0.05, 0) is 38.9 Å². The van der Waals surface area contributed by atoms with E-state index in [-0.39, 0.29) is 5.56 Å². The summed E-state index contributed by atoms with van der Waals surface area (Å²) >= 11 is 0. The molecule has 0 radical (unpaired) electrons. The number of aromatic carboxylic acids is 1. The molecule has 0 spiro atoms. The van der Waals surface area contributed by atoms with Crippen LogP contribution >= 0.6 is 0 Å². The molecule has 0 amide bonds. The molecule has 0 aromatic carbocycles. The number of carboxylic acids is 1. The van der Waals surface area contributed by atoms with Crippen molar-refractivity contribution in [2.75, 3.05) is 38.1 Å². The monoisotopic (exact) mass is 263 g/mol. The van der Waals surface area contributed by atoms with Crippen LogP contribution in [0.5, 0.6) is 0 Å². The van der Waals surface area contributed by atoms with E-state index in [1.165, 1.54) is 19.0 Å². The average molecular weight is 263 g/mol. The van der Waals surface area contributed by atoms with E-state index in [1.54, 1.807) is 0 Å². The van der Waals surface area contributed by atoms with Crippen LogP contribution < -0.4 is 4.90 Å². The second kappa shape index (κ2) is 6.02. The van der Waals surface area contributed by atoms with Crippen LogP contribution in [0.25, 0.3) is 0 Å². The molecule has 0 saturated carbocycles. The number of hydrogen-bond acceptors (Lipinski definition) is 4. The highest BCUT2D eigenvalue weighted by atomic mass is 16.4. The third kappa shape index (κ3) is 3.44. The molecule has 0 aliphatic carbocycles. The quantitative estimate of drug-likeness (QED) is 0.875. The van der Waals surface area contributed by atoms with Gasteiger partial charge in [0.1, 0.15) is 5.56 Å². The first-order chi connectivity index (χ1) is 9.08. The summed E-state index contributed by atoms with van der Waals surface area (Å²) in [6.45, 7) is 6.02. The number of pyridine rings is 1. The van der Waals surface area contributed by atoms with Crippen LogP contribution in [-0.2, 0) is 0 Å². The lowest BCUT2D eigenvalue weighted by atomic mass is 10.2. The van der Waals surface area contributed by atoms with Crippen molar-refractivity contribution in [1.29, 1.82) is 0 Å². The van der Waals surface area contributed by atoms with Gasteiger partial charge in [-0.3, -0.25) is 4.98 Å². The Morgan fingerprint density at radius 1 is 1.47 bits per heavy atom. The lowest BCUT2D eigenvalue weighted by Gasteiger charge is -2.24. The van der Waals surface area contributed by atoms with Crippen molar-refractivity contribution in [3.05, 3.63) is 23.5 Å². The number of rotatable bonds is 5. The maximum Gasteiger partial charge on any atom is 0.339 e. The highest BCUT2D eigenvalue weighted by Gasteiger charge is 2.16. The summed E-state index contributed by atoms with van der Waals surface area (Å²) < 4.78 is 0. The van der Waals surface area contributed by atoms with Crippen molar-refractivity contribution in [2.45, 2.75) is 19.8 Å². The number of carboxylic acid groups (broad SMARTS) is 1. The number of likely N-dealkylation sites (tertiary alicyclic amines) is 1. The third-order valence-corrected chi connectivity index (χ3v) is 3.61. The molecule has 5 nitrogen and oxygen atoms in total. The summed E-state index contributed by atoms with van der Waals surface area (Å²) in [5, 5.41) is 9.21. The Kier molecular flexibility index (Phi) is 4.37. The number of nitrogens with zero attached hydrogens (tertiary/aromatic N) is 3. The molecule has 1 aliphatic rings. The predicted octanol–water partition coefficient (Wildman–Crippen LogP) is 1.62. The molecule has 0 atom stereocenters. The zero-order valence-electron chi connectivity index (χ0n) is 11.6. The smallest absolute Gasteiger partial charge is 0.339 e. The predicted molar refractivity (Wildman–Crippen MR) is 74.9 cm³/mol.